The van der Waals surface area contributed by atoms with E-state index in [-0.39, 0.29) is 0 Å². The zero-order valence-electron chi connectivity index (χ0n) is 7.13. The molecule has 0 aliphatic heterocycles. The number of aliphatic hydroxyl groups is 1. The first-order chi connectivity index (χ1) is 5.43. The number of hydrogen-bond acceptors (Lipinski definition) is 2. The van der Waals surface area contributed by atoms with Gasteiger partial charge in [-0.3, -0.25) is 0 Å². The van der Waals surface area contributed by atoms with E-state index in [4.69, 9.17) is 17.3 Å². The Bertz CT molecular complexity index is 271. The van der Waals surface area contributed by atoms with E-state index in [0.717, 1.165) is 0 Å². The van der Waals surface area contributed by atoms with Gasteiger partial charge in [0.05, 0.1) is 5.60 Å². The second-order valence-corrected chi connectivity index (χ2v) is 3.67. The Morgan fingerprint density at radius 1 is 1.42 bits per heavy atom. The van der Waals surface area contributed by atoms with Crippen molar-refractivity contribution < 1.29 is 5.11 Å². The molecule has 12 heavy (non-hydrogen) atoms. The fourth-order valence-electron chi connectivity index (χ4n) is 1.19. The summed E-state index contributed by atoms with van der Waals surface area (Å²) in [6, 6.07) is 5.19. The summed E-state index contributed by atoms with van der Waals surface area (Å²) in [5.74, 6) is 0. The van der Waals surface area contributed by atoms with Crippen LogP contribution < -0.4 is 5.73 Å². The molecule has 0 aliphatic carbocycles. The van der Waals surface area contributed by atoms with Crippen LogP contribution in [0.2, 0.25) is 5.02 Å². The number of anilines is 1. The predicted molar refractivity (Wildman–Crippen MR) is 51.1 cm³/mol. The van der Waals surface area contributed by atoms with E-state index in [1.807, 2.05) is 0 Å². The Morgan fingerprint density at radius 3 is 2.33 bits per heavy atom. The lowest BCUT2D eigenvalue weighted by Gasteiger charge is -2.21. The van der Waals surface area contributed by atoms with Gasteiger partial charge in [0.25, 0.3) is 0 Å². The molecule has 66 valence electrons. The van der Waals surface area contributed by atoms with Gasteiger partial charge in [-0.05, 0) is 26.0 Å². The van der Waals surface area contributed by atoms with Crippen LogP contribution in [-0.4, -0.2) is 5.11 Å². The molecule has 2 nitrogen and oxygen atoms in total. The third-order valence-electron chi connectivity index (χ3n) is 1.66. The maximum Gasteiger partial charge on any atom is 0.0875 e. The molecule has 0 unspecified atom stereocenters. The van der Waals surface area contributed by atoms with E-state index in [2.05, 4.69) is 0 Å². The van der Waals surface area contributed by atoms with Gasteiger partial charge in [0.2, 0.25) is 0 Å². The fraction of sp³-hybridized carbons (Fsp3) is 0.333. The quantitative estimate of drug-likeness (QED) is 0.659. The normalized spacial score (nSPS) is 11.7. The Hall–Kier alpha value is -0.730. The minimum Gasteiger partial charge on any atom is -0.398 e. The number of rotatable bonds is 1. The topological polar surface area (TPSA) is 46.2 Å². The summed E-state index contributed by atoms with van der Waals surface area (Å²) in [6.07, 6.45) is 0. The van der Waals surface area contributed by atoms with Crippen molar-refractivity contribution in [3.63, 3.8) is 0 Å². The highest BCUT2D eigenvalue weighted by Gasteiger charge is 2.21. The van der Waals surface area contributed by atoms with E-state index in [1.54, 1.807) is 32.0 Å². The van der Waals surface area contributed by atoms with E-state index in [9.17, 15) is 5.11 Å². The van der Waals surface area contributed by atoms with E-state index >= 15 is 0 Å². The van der Waals surface area contributed by atoms with Crippen LogP contribution in [0.3, 0.4) is 0 Å². The van der Waals surface area contributed by atoms with Crippen LogP contribution in [0.15, 0.2) is 18.2 Å². The van der Waals surface area contributed by atoms with Gasteiger partial charge >= 0.3 is 0 Å². The van der Waals surface area contributed by atoms with Crippen LogP contribution in [0, 0.1) is 0 Å². The van der Waals surface area contributed by atoms with E-state index in [1.165, 1.54) is 0 Å². The van der Waals surface area contributed by atoms with Gasteiger partial charge < -0.3 is 10.8 Å². The van der Waals surface area contributed by atoms with Crippen molar-refractivity contribution in [1.29, 1.82) is 0 Å². The molecular weight excluding hydrogens is 174 g/mol. The first-order valence-corrected chi connectivity index (χ1v) is 4.07. The summed E-state index contributed by atoms with van der Waals surface area (Å²) in [7, 11) is 0. The molecule has 0 saturated carbocycles. The lowest BCUT2D eigenvalue weighted by molar-refractivity contribution is 0.0795. The summed E-state index contributed by atoms with van der Waals surface area (Å²) in [5.41, 5.74) is 5.79. The molecule has 0 fully saturated rings. The molecule has 1 aromatic carbocycles. The van der Waals surface area contributed by atoms with Gasteiger partial charge in [0.15, 0.2) is 0 Å². The molecule has 1 aromatic rings. The van der Waals surface area contributed by atoms with Crippen LogP contribution >= 0.6 is 11.6 Å². The third kappa shape index (κ3) is 1.71. The first-order valence-electron chi connectivity index (χ1n) is 3.70. The highest BCUT2D eigenvalue weighted by Crippen LogP contribution is 2.31. The van der Waals surface area contributed by atoms with Crippen molar-refractivity contribution in [3.05, 3.63) is 28.8 Å². The van der Waals surface area contributed by atoms with Crippen molar-refractivity contribution >= 4 is 17.3 Å². The average molecular weight is 186 g/mol. The monoisotopic (exact) mass is 185 g/mol. The van der Waals surface area contributed by atoms with Gasteiger partial charge in [-0.1, -0.05) is 17.7 Å². The number of nitrogen functional groups attached to an aromatic ring is 1. The van der Waals surface area contributed by atoms with Gasteiger partial charge in [-0.2, -0.15) is 0 Å². The Morgan fingerprint density at radius 2 is 2.00 bits per heavy atom. The number of hydrogen-bond donors (Lipinski definition) is 2. The second-order valence-electron chi connectivity index (χ2n) is 3.26. The van der Waals surface area contributed by atoms with Crippen LogP contribution in [0.25, 0.3) is 0 Å². The van der Waals surface area contributed by atoms with Crippen LogP contribution in [0.5, 0.6) is 0 Å². The highest BCUT2D eigenvalue weighted by atomic mass is 35.5. The van der Waals surface area contributed by atoms with Gasteiger partial charge in [-0.25, -0.2) is 0 Å². The molecule has 3 N–H and O–H groups in total. The Labute approximate surface area is 77.0 Å². The minimum atomic E-state index is -0.984. The molecule has 3 heteroatoms. The molecule has 0 atom stereocenters. The summed E-state index contributed by atoms with van der Waals surface area (Å²) in [4.78, 5) is 0. The van der Waals surface area contributed by atoms with Crippen LogP contribution in [0.1, 0.15) is 19.4 Å². The number of benzene rings is 1. The van der Waals surface area contributed by atoms with E-state index in [0.29, 0.717) is 16.3 Å². The van der Waals surface area contributed by atoms with Crippen LogP contribution in [0.4, 0.5) is 5.69 Å². The van der Waals surface area contributed by atoms with Crippen molar-refractivity contribution in [2.75, 3.05) is 5.73 Å². The van der Waals surface area contributed by atoms with Crippen molar-refractivity contribution in [2.24, 2.45) is 0 Å². The maximum atomic E-state index is 9.69. The molecule has 0 saturated heterocycles. The Balaban J connectivity index is 3.31. The molecule has 0 spiro atoms. The largest absolute Gasteiger partial charge is 0.398 e. The SMILES string of the molecule is CC(C)(O)c1c(N)cccc1Cl. The summed E-state index contributed by atoms with van der Waals surface area (Å²) < 4.78 is 0. The molecule has 0 heterocycles. The molecule has 0 amide bonds. The van der Waals surface area contributed by atoms with Crippen molar-refractivity contribution in [1.82, 2.24) is 0 Å². The zero-order chi connectivity index (χ0) is 9.35. The molecule has 0 radical (unpaired) electrons. The summed E-state index contributed by atoms with van der Waals surface area (Å²) in [6.45, 7) is 3.31. The molecule has 0 aromatic heterocycles. The lowest BCUT2D eigenvalue weighted by atomic mass is 9.97. The first kappa shape index (κ1) is 9.36. The predicted octanol–water partition coefficient (Wildman–Crippen LogP) is 2.15. The molecular formula is C9H12ClNO. The highest BCUT2D eigenvalue weighted by molar-refractivity contribution is 6.31. The molecule has 0 bridgehead atoms. The summed E-state index contributed by atoms with van der Waals surface area (Å²) >= 11 is 5.87. The number of nitrogens with two attached hydrogens (primary N) is 1. The van der Waals surface area contributed by atoms with Crippen molar-refractivity contribution in [2.45, 2.75) is 19.4 Å². The van der Waals surface area contributed by atoms with E-state index < -0.39 is 5.60 Å². The fourth-order valence-corrected chi connectivity index (χ4v) is 1.60. The van der Waals surface area contributed by atoms with Crippen molar-refractivity contribution in [3.8, 4) is 0 Å². The Kier molecular flexibility index (Phi) is 2.31. The standard InChI is InChI=1S/C9H12ClNO/c1-9(2,12)8-6(10)4-3-5-7(8)11/h3-5,12H,11H2,1-2H3. The minimum absolute atomic E-state index is 0.502. The van der Waals surface area contributed by atoms with Gasteiger partial charge in [0.1, 0.15) is 0 Å². The zero-order valence-corrected chi connectivity index (χ0v) is 7.89. The molecule has 1 rings (SSSR count). The van der Waals surface area contributed by atoms with Gasteiger partial charge in [0, 0.05) is 16.3 Å². The maximum absolute atomic E-state index is 9.69. The number of halogens is 1. The summed E-state index contributed by atoms with van der Waals surface area (Å²) in [5, 5.41) is 10.2. The van der Waals surface area contributed by atoms with Gasteiger partial charge in [-0.15, -0.1) is 0 Å². The third-order valence-corrected chi connectivity index (χ3v) is 1.97. The average Bonchev–Trinajstić information content (AvgIpc) is 1.82. The lowest BCUT2D eigenvalue weighted by Crippen LogP contribution is -2.18. The molecule has 0 aliphatic rings. The van der Waals surface area contributed by atoms with Crippen LogP contribution in [-0.2, 0) is 5.60 Å². The smallest absolute Gasteiger partial charge is 0.0875 e. The second kappa shape index (κ2) is 2.96.